The number of rotatable bonds is 6. The molecule has 0 saturated heterocycles. The van der Waals surface area contributed by atoms with Gasteiger partial charge in [0.2, 0.25) is 0 Å². The fourth-order valence-electron chi connectivity index (χ4n) is 6.30. The summed E-state index contributed by atoms with van der Waals surface area (Å²) in [5, 5.41) is 9.91. The van der Waals surface area contributed by atoms with Crippen molar-refractivity contribution in [1.82, 2.24) is 0 Å². The van der Waals surface area contributed by atoms with E-state index in [1.165, 1.54) is 44.5 Å². The molecule has 1 heterocycles. The zero-order valence-corrected chi connectivity index (χ0v) is 24.7. The first-order valence-electron chi connectivity index (χ1n) is 13.9. The van der Waals surface area contributed by atoms with Gasteiger partial charge in [-0.15, -0.1) is 0 Å². The van der Waals surface area contributed by atoms with Crippen molar-refractivity contribution in [1.29, 1.82) is 0 Å². The fourth-order valence-corrected chi connectivity index (χ4v) is 6.98. The Labute approximate surface area is 246 Å². The minimum Gasteiger partial charge on any atom is -0.481 e. The number of aliphatic carboxylic acids is 1. The Morgan fingerprint density at radius 3 is 2.02 bits per heavy atom. The topological polar surface area (TPSA) is 40.5 Å². The maximum Gasteiger partial charge on any atom is 0.307 e. The molecule has 5 aromatic rings. The number of aryl methyl sites for hydroxylation is 1. The molecule has 204 valence electrons. The minimum atomic E-state index is -0.811. The second kappa shape index (κ2) is 10.9. The van der Waals surface area contributed by atoms with Gasteiger partial charge in [-0.25, -0.2) is 0 Å². The van der Waals surface area contributed by atoms with E-state index in [4.69, 9.17) is 0 Å². The van der Waals surface area contributed by atoms with E-state index in [1.54, 1.807) is 11.9 Å². The summed E-state index contributed by atoms with van der Waals surface area (Å²) in [5.74, 6) is -0.811. The lowest BCUT2D eigenvalue weighted by Gasteiger charge is -2.36. The first-order valence-corrected chi connectivity index (χ1v) is 15.1. The molecule has 1 aliphatic heterocycles. The molecule has 0 aliphatic carbocycles. The lowest BCUT2D eigenvalue weighted by atomic mass is 9.80. The maximum absolute atomic E-state index is 12.1. The zero-order chi connectivity index (χ0) is 28.7. The Balaban J connectivity index is 1.58. The van der Waals surface area contributed by atoms with Crippen LogP contribution in [-0.2, 0) is 17.8 Å². The number of carboxylic acid groups (broad SMARTS) is 1. The van der Waals surface area contributed by atoms with Crippen molar-refractivity contribution < 1.29 is 9.90 Å². The number of anilines is 1. The average Bonchev–Trinajstić information content (AvgIpc) is 2.99. The summed E-state index contributed by atoms with van der Waals surface area (Å²) in [5.41, 5.74) is 16.0. The number of benzene rings is 5. The molecule has 1 N–H and O–H groups in total. The third-order valence-electron chi connectivity index (χ3n) is 8.25. The van der Waals surface area contributed by atoms with Gasteiger partial charge in [-0.05, 0) is 88.0 Å². The number of nitrogens with zero attached hydrogens (tertiary/aromatic N) is 1. The summed E-state index contributed by atoms with van der Waals surface area (Å²) in [6, 6.07) is 34.5. The van der Waals surface area contributed by atoms with Gasteiger partial charge >= 0.3 is 5.97 Å². The molecule has 0 fully saturated rings. The van der Waals surface area contributed by atoms with Crippen LogP contribution in [0.2, 0.25) is 0 Å². The Bertz CT molecular complexity index is 1770. The Morgan fingerprint density at radius 2 is 1.37 bits per heavy atom. The first kappa shape index (κ1) is 26.9. The predicted octanol–water partition coefficient (Wildman–Crippen LogP) is 9.50. The number of carbonyl (C=O) groups is 1. The highest BCUT2D eigenvalue weighted by atomic mass is 32.2. The van der Waals surface area contributed by atoms with E-state index in [0.717, 1.165) is 40.0 Å². The lowest BCUT2D eigenvalue weighted by Crippen LogP contribution is -2.22. The molecule has 5 aromatic carbocycles. The van der Waals surface area contributed by atoms with Gasteiger partial charge in [0.05, 0.1) is 18.7 Å². The first-order chi connectivity index (χ1) is 19.9. The molecule has 6 rings (SSSR count). The molecule has 0 atom stereocenters. The van der Waals surface area contributed by atoms with Crippen LogP contribution < -0.4 is 4.31 Å². The Morgan fingerprint density at radius 1 is 0.732 bits per heavy atom. The van der Waals surface area contributed by atoms with Crippen LogP contribution in [-0.4, -0.2) is 17.3 Å². The number of carboxylic acids is 1. The smallest absolute Gasteiger partial charge is 0.307 e. The van der Waals surface area contributed by atoms with Crippen LogP contribution in [0, 0.1) is 20.8 Å². The summed E-state index contributed by atoms with van der Waals surface area (Å²) >= 11 is 1.69. The fraction of sp³-hybridized carbons (Fsp3) is 0.162. The Kier molecular flexibility index (Phi) is 7.19. The molecule has 4 heteroatoms. The normalized spacial score (nSPS) is 12.1. The molecular weight excluding hydrogens is 522 g/mol. The van der Waals surface area contributed by atoms with Gasteiger partial charge in [0.25, 0.3) is 0 Å². The van der Waals surface area contributed by atoms with Crippen molar-refractivity contribution >= 4 is 23.6 Å². The molecule has 0 aromatic heterocycles. The summed E-state index contributed by atoms with van der Waals surface area (Å²) in [6.07, 6.45) is 2.09. The summed E-state index contributed by atoms with van der Waals surface area (Å²) < 4.78 is 2.33. The number of hydrogen-bond acceptors (Lipinski definition) is 3. The summed E-state index contributed by atoms with van der Waals surface area (Å²) in [7, 11) is 0. The van der Waals surface area contributed by atoms with Crippen LogP contribution >= 0.6 is 11.9 Å². The van der Waals surface area contributed by atoms with Crippen LogP contribution in [0.4, 0.5) is 5.69 Å². The van der Waals surface area contributed by atoms with E-state index in [0.29, 0.717) is 0 Å². The van der Waals surface area contributed by atoms with Gasteiger partial charge in [-0.1, -0.05) is 109 Å². The second-order valence-electron chi connectivity index (χ2n) is 10.8. The highest BCUT2D eigenvalue weighted by Crippen LogP contribution is 2.51. The van der Waals surface area contributed by atoms with Gasteiger partial charge in [0.15, 0.2) is 0 Å². The van der Waals surface area contributed by atoms with Crippen molar-refractivity contribution in [3.8, 4) is 44.5 Å². The van der Waals surface area contributed by atoms with Crippen molar-refractivity contribution in [2.24, 2.45) is 0 Å². The molecule has 0 unspecified atom stereocenters. The van der Waals surface area contributed by atoms with Crippen LogP contribution in [0.15, 0.2) is 97.1 Å². The average molecular weight is 556 g/mol. The van der Waals surface area contributed by atoms with Crippen molar-refractivity contribution in [2.75, 3.05) is 10.6 Å². The minimum absolute atomic E-state index is 0.00650. The third kappa shape index (κ3) is 4.83. The summed E-state index contributed by atoms with van der Waals surface area (Å²) in [4.78, 5) is 12.1. The SMILES string of the molecule is CSN1Cc2cc(-c3ccccc3-c3ccccc3)ccc2-c2c(C)c(-c3ccc(C)cc3)c(CC(=O)O)c(C)c21. The largest absolute Gasteiger partial charge is 0.481 e. The van der Waals surface area contributed by atoms with Crippen molar-refractivity contribution in [3.05, 3.63) is 125 Å². The molecular formula is C37H33NO2S. The van der Waals surface area contributed by atoms with E-state index in [9.17, 15) is 9.90 Å². The molecule has 0 bridgehead atoms. The van der Waals surface area contributed by atoms with Crippen LogP contribution in [0.1, 0.15) is 27.8 Å². The van der Waals surface area contributed by atoms with Crippen LogP contribution in [0.25, 0.3) is 44.5 Å². The monoisotopic (exact) mass is 555 g/mol. The highest BCUT2D eigenvalue weighted by molar-refractivity contribution is 7.99. The van der Waals surface area contributed by atoms with Crippen LogP contribution in [0.5, 0.6) is 0 Å². The van der Waals surface area contributed by atoms with Crippen LogP contribution in [0.3, 0.4) is 0 Å². The molecule has 0 radical (unpaired) electrons. The van der Waals surface area contributed by atoms with E-state index in [-0.39, 0.29) is 6.42 Å². The number of fused-ring (bicyclic) bond motifs is 3. The molecule has 1 aliphatic rings. The third-order valence-corrected chi connectivity index (χ3v) is 9.00. The summed E-state index contributed by atoms with van der Waals surface area (Å²) in [6.45, 7) is 7.08. The van der Waals surface area contributed by atoms with E-state index < -0.39 is 5.97 Å². The second-order valence-corrected chi connectivity index (χ2v) is 11.6. The lowest BCUT2D eigenvalue weighted by molar-refractivity contribution is -0.136. The van der Waals surface area contributed by atoms with E-state index in [1.807, 2.05) is 0 Å². The van der Waals surface area contributed by atoms with Gasteiger partial charge in [0.1, 0.15) is 0 Å². The maximum atomic E-state index is 12.1. The molecule has 0 spiro atoms. The molecule has 41 heavy (non-hydrogen) atoms. The zero-order valence-electron chi connectivity index (χ0n) is 23.9. The van der Waals surface area contributed by atoms with Gasteiger partial charge < -0.3 is 9.41 Å². The van der Waals surface area contributed by atoms with E-state index >= 15 is 0 Å². The van der Waals surface area contributed by atoms with Crippen molar-refractivity contribution in [2.45, 2.75) is 33.7 Å². The number of hydrogen-bond donors (Lipinski definition) is 1. The quantitative estimate of drug-likeness (QED) is 0.212. The highest BCUT2D eigenvalue weighted by Gasteiger charge is 2.30. The standard InChI is InChI=1S/C37H33NO2S/c1-23-14-16-27(17-15-23)35-25(3)36-32-19-18-28(31-13-9-8-12-30(31)26-10-6-5-7-11-26)20-29(32)22-38(41-4)37(36)24(2)33(35)21-34(39)40/h5-20H,21-22H2,1-4H3,(H,39,40). The Hall–Kier alpha value is -4.28. The predicted molar refractivity (Wildman–Crippen MR) is 173 cm³/mol. The van der Waals surface area contributed by atoms with E-state index in [2.05, 4.69) is 128 Å². The molecule has 0 amide bonds. The van der Waals surface area contributed by atoms with Gasteiger partial charge in [-0.2, -0.15) is 0 Å². The molecule has 3 nitrogen and oxygen atoms in total. The van der Waals surface area contributed by atoms with Crippen molar-refractivity contribution in [3.63, 3.8) is 0 Å². The van der Waals surface area contributed by atoms with Gasteiger partial charge in [-0.3, -0.25) is 4.79 Å². The van der Waals surface area contributed by atoms with Gasteiger partial charge in [0, 0.05) is 11.8 Å². The molecule has 0 saturated carbocycles.